The van der Waals surface area contributed by atoms with Gasteiger partial charge in [0.1, 0.15) is 17.1 Å². The molecule has 0 spiro atoms. The number of phenolic OH excluding ortho intramolecular Hbond substituents is 1. The third-order valence-corrected chi connectivity index (χ3v) is 7.07. The van der Waals surface area contributed by atoms with Gasteiger partial charge in [-0.3, -0.25) is 0 Å². The van der Waals surface area contributed by atoms with Gasteiger partial charge in [0.2, 0.25) is 0 Å². The number of aromatic hydroxyl groups is 1. The molecule has 3 unspecified atom stereocenters. The van der Waals surface area contributed by atoms with E-state index < -0.39 is 0 Å². The number of hydrogen-bond donors (Lipinski definition) is 1. The van der Waals surface area contributed by atoms with Gasteiger partial charge in [0, 0.05) is 11.0 Å². The molecule has 26 heavy (non-hydrogen) atoms. The highest BCUT2D eigenvalue weighted by Gasteiger charge is 2.50. The third-order valence-electron chi connectivity index (χ3n) is 7.07. The number of rotatable bonds is 8. The second kappa shape index (κ2) is 8.23. The van der Waals surface area contributed by atoms with Crippen LogP contribution >= 0.6 is 0 Å². The monoisotopic (exact) mass is 360 g/mol. The Hall–Kier alpha value is -1.18. The fourth-order valence-electron chi connectivity index (χ4n) is 4.37. The normalized spacial score (nSPS) is 25.6. The number of ether oxygens (including phenoxy) is 1. The first-order chi connectivity index (χ1) is 12.1. The number of fused-ring (bicyclic) bond motifs is 1. The molecule has 0 amide bonds. The van der Waals surface area contributed by atoms with Crippen LogP contribution in [0, 0.1) is 17.3 Å². The zero-order valence-electron chi connectivity index (χ0n) is 18.1. The topological polar surface area (TPSA) is 29.5 Å². The largest absolute Gasteiger partial charge is 0.508 e. The van der Waals surface area contributed by atoms with Crippen LogP contribution in [0.25, 0.3) is 0 Å². The smallest absolute Gasteiger partial charge is 0.123 e. The van der Waals surface area contributed by atoms with Crippen LogP contribution < -0.4 is 4.74 Å². The van der Waals surface area contributed by atoms with Gasteiger partial charge < -0.3 is 9.84 Å². The minimum absolute atomic E-state index is 0.0225. The van der Waals surface area contributed by atoms with Crippen molar-refractivity contribution in [2.24, 2.45) is 17.3 Å². The van der Waals surface area contributed by atoms with Gasteiger partial charge in [-0.25, -0.2) is 0 Å². The Balaban J connectivity index is 1.98. The molecule has 1 N–H and O–H groups in total. The Kier molecular flexibility index (Phi) is 6.69. The van der Waals surface area contributed by atoms with Gasteiger partial charge in [0.15, 0.2) is 0 Å². The quantitative estimate of drug-likeness (QED) is 0.527. The maximum absolute atomic E-state index is 9.86. The van der Waals surface area contributed by atoms with Crippen molar-refractivity contribution in [1.82, 2.24) is 0 Å². The molecule has 1 aromatic rings. The van der Waals surface area contributed by atoms with E-state index in [2.05, 4.69) is 48.5 Å². The van der Waals surface area contributed by atoms with Crippen molar-refractivity contribution in [3.8, 4) is 11.5 Å². The van der Waals surface area contributed by atoms with Crippen molar-refractivity contribution in [3.63, 3.8) is 0 Å². The summed E-state index contributed by atoms with van der Waals surface area (Å²) in [5, 5.41) is 9.86. The molecule has 3 atom stereocenters. The van der Waals surface area contributed by atoms with Gasteiger partial charge >= 0.3 is 0 Å². The molecule has 1 aromatic carbocycles. The summed E-state index contributed by atoms with van der Waals surface area (Å²) in [5.41, 5.74) is 0.984. The Bertz CT molecular complexity index is 590. The lowest BCUT2D eigenvalue weighted by atomic mass is 9.62. The minimum Gasteiger partial charge on any atom is -0.508 e. The average Bonchev–Trinajstić information content (AvgIpc) is 2.54. The Morgan fingerprint density at radius 1 is 1.04 bits per heavy atom. The van der Waals surface area contributed by atoms with Gasteiger partial charge in [-0.2, -0.15) is 0 Å². The van der Waals surface area contributed by atoms with Crippen LogP contribution in [-0.2, 0) is 0 Å². The molecule has 0 aliphatic carbocycles. The minimum atomic E-state index is -0.173. The molecule has 2 heteroatoms. The summed E-state index contributed by atoms with van der Waals surface area (Å²) in [6.45, 7) is 16.2. The third kappa shape index (κ3) is 4.56. The first-order valence-corrected chi connectivity index (χ1v) is 10.6. The summed E-state index contributed by atoms with van der Waals surface area (Å²) < 4.78 is 6.54. The molecular weight excluding hydrogens is 320 g/mol. The van der Waals surface area contributed by atoms with Crippen LogP contribution in [0.2, 0.25) is 0 Å². The lowest BCUT2D eigenvalue weighted by molar-refractivity contribution is -0.0661. The van der Waals surface area contributed by atoms with Crippen molar-refractivity contribution in [2.75, 3.05) is 0 Å². The van der Waals surface area contributed by atoms with Crippen LogP contribution in [0.1, 0.15) is 98.5 Å². The number of benzene rings is 1. The first kappa shape index (κ1) is 21.1. The highest BCUT2D eigenvalue weighted by atomic mass is 16.5. The molecule has 1 aliphatic heterocycles. The van der Waals surface area contributed by atoms with E-state index in [1.165, 1.54) is 32.1 Å². The zero-order chi connectivity index (χ0) is 19.5. The molecule has 0 aromatic heterocycles. The molecule has 0 radical (unpaired) electrons. The highest BCUT2D eigenvalue weighted by Crippen LogP contribution is 2.54. The molecule has 0 saturated carbocycles. The summed E-state index contributed by atoms with van der Waals surface area (Å²) in [6, 6.07) is 5.54. The van der Waals surface area contributed by atoms with E-state index in [4.69, 9.17) is 4.74 Å². The first-order valence-electron chi connectivity index (χ1n) is 10.6. The van der Waals surface area contributed by atoms with Gasteiger partial charge in [-0.15, -0.1) is 0 Å². The predicted octanol–water partition coefficient (Wildman–Crippen LogP) is 7.31. The average molecular weight is 361 g/mol. The summed E-state index contributed by atoms with van der Waals surface area (Å²) in [4.78, 5) is 0. The molecule has 0 bridgehead atoms. The molecule has 1 aliphatic rings. The molecule has 148 valence electrons. The highest BCUT2D eigenvalue weighted by molar-refractivity contribution is 5.45. The van der Waals surface area contributed by atoms with Crippen molar-refractivity contribution < 1.29 is 9.84 Å². The van der Waals surface area contributed by atoms with Crippen molar-refractivity contribution >= 4 is 0 Å². The van der Waals surface area contributed by atoms with Gasteiger partial charge in [-0.1, -0.05) is 67.2 Å². The SMILES string of the molecule is CC(C)CCCC(C)CCCC1(C)Oc2ccc(O)cc2C(C)C1(C)C. The van der Waals surface area contributed by atoms with Crippen LogP contribution in [0.3, 0.4) is 0 Å². The van der Waals surface area contributed by atoms with E-state index in [0.717, 1.165) is 29.6 Å². The maximum Gasteiger partial charge on any atom is 0.123 e. The fourth-order valence-corrected chi connectivity index (χ4v) is 4.37. The Morgan fingerprint density at radius 2 is 1.69 bits per heavy atom. The summed E-state index contributed by atoms with van der Waals surface area (Å²) in [5.74, 6) is 3.24. The molecule has 0 saturated heterocycles. The van der Waals surface area contributed by atoms with Crippen molar-refractivity contribution in [2.45, 2.75) is 98.5 Å². The summed E-state index contributed by atoms with van der Waals surface area (Å²) >= 11 is 0. The molecule has 2 nitrogen and oxygen atoms in total. The van der Waals surface area contributed by atoms with E-state index in [0.29, 0.717) is 11.7 Å². The second-order valence-electron chi connectivity index (χ2n) is 9.82. The van der Waals surface area contributed by atoms with Crippen LogP contribution in [-0.4, -0.2) is 10.7 Å². The van der Waals surface area contributed by atoms with Crippen molar-refractivity contribution in [1.29, 1.82) is 0 Å². The molecular formula is C24H40O2. The number of phenols is 1. The van der Waals surface area contributed by atoms with Crippen LogP contribution in [0.5, 0.6) is 11.5 Å². The summed E-state index contributed by atoms with van der Waals surface area (Å²) in [6.07, 6.45) is 7.62. The zero-order valence-corrected chi connectivity index (χ0v) is 18.1. The van der Waals surface area contributed by atoms with E-state index in [9.17, 15) is 5.11 Å². The Labute approximate surface area is 161 Å². The predicted molar refractivity (Wildman–Crippen MR) is 111 cm³/mol. The standard InChI is InChI=1S/C24H40O2/c1-17(2)10-8-11-18(3)12-9-15-24(7)23(5,6)19(4)21-16-20(25)13-14-22(21)26-24/h13-14,16-19,25H,8-12,15H2,1-7H3. The molecule has 1 heterocycles. The van der Waals surface area contributed by atoms with Gasteiger partial charge in [0.25, 0.3) is 0 Å². The Morgan fingerprint density at radius 3 is 2.35 bits per heavy atom. The fraction of sp³-hybridized carbons (Fsp3) is 0.750. The van der Waals surface area contributed by atoms with E-state index in [1.54, 1.807) is 6.07 Å². The number of hydrogen-bond acceptors (Lipinski definition) is 2. The van der Waals surface area contributed by atoms with Gasteiger partial charge in [0.05, 0.1) is 0 Å². The van der Waals surface area contributed by atoms with Crippen LogP contribution in [0.15, 0.2) is 18.2 Å². The lowest BCUT2D eigenvalue weighted by Crippen LogP contribution is -2.52. The van der Waals surface area contributed by atoms with Crippen molar-refractivity contribution in [3.05, 3.63) is 23.8 Å². The van der Waals surface area contributed by atoms with E-state index >= 15 is 0 Å². The van der Waals surface area contributed by atoms with E-state index in [1.807, 2.05) is 12.1 Å². The van der Waals surface area contributed by atoms with Gasteiger partial charge in [-0.05, 0) is 55.7 Å². The molecule has 2 rings (SSSR count). The van der Waals surface area contributed by atoms with E-state index in [-0.39, 0.29) is 11.0 Å². The lowest BCUT2D eigenvalue weighted by Gasteiger charge is -2.52. The summed E-state index contributed by atoms with van der Waals surface area (Å²) in [7, 11) is 0. The maximum atomic E-state index is 9.86. The van der Waals surface area contributed by atoms with Crippen LogP contribution in [0.4, 0.5) is 0 Å². The molecule has 0 fully saturated rings. The second-order valence-corrected chi connectivity index (χ2v) is 9.82.